The summed E-state index contributed by atoms with van der Waals surface area (Å²) in [6.07, 6.45) is 1.34. The van der Waals surface area contributed by atoms with Crippen molar-refractivity contribution in [2.24, 2.45) is 0 Å². The molecule has 3 heteroatoms. The van der Waals surface area contributed by atoms with E-state index >= 15 is 0 Å². The Morgan fingerprint density at radius 1 is 1.24 bits per heavy atom. The van der Waals surface area contributed by atoms with Crippen LogP contribution < -0.4 is 5.32 Å². The minimum Gasteiger partial charge on any atom is -0.314 e. The summed E-state index contributed by atoms with van der Waals surface area (Å²) < 4.78 is 0. The van der Waals surface area contributed by atoms with Crippen LogP contribution in [0.25, 0.3) is 0 Å². The lowest BCUT2D eigenvalue weighted by Gasteiger charge is -2.23. The molecule has 21 heavy (non-hydrogen) atoms. The van der Waals surface area contributed by atoms with Gasteiger partial charge < -0.3 is 5.32 Å². The maximum absolute atomic E-state index is 3.52. The average molecular weight is 307 g/mol. The van der Waals surface area contributed by atoms with Gasteiger partial charge in [0, 0.05) is 30.9 Å². The molecular formula is C18H30N2S. The highest BCUT2D eigenvalue weighted by molar-refractivity contribution is 7.99. The van der Waals surface area contributed by atoms with Crippen LogP contribution in [0.5, 0.6) is 0 Å². The molecule has 1 saturated heterocycles. The van der Waals surface area contributed by atoms with E-state index in [2.05, 4.69) is 74.1 Å². The molecule has 1 aromatic rings. The molecule has 2 nitrogen and oxygen atoms in total. The van der Waals surface area contributed by atoms with Crippen molar-refractivity contribution >= 4 is 11.8 Å². The lowest BCUT2D eigenvalue weighted by molar-refractivity contribution is 0.254. The van der Waals surface area contributed by atoms with E-state index < -0.39 is 0 Å². The van der Waals surface area contributed by atoms with Crippen molar-refractivity contribution in [3.8, 4) is 0 Å². The molecule has 0 bridgehead atoms. The smallest absolute Gasteiger partial charge is 0.0233 e. The third kappa shape index (κ3) is 5.32. The van der Waals surface area contributed by atoms with E-state index in [0.29, 0.717) is 12.0 Å². The van der Waals surface area contributed by atoms with E-state index in [4.69, 9.17) is 0 Å². The Morgan fingerprint density at radius 3 is 2.52 bits per heavy atom. The Hall–Kier alpha value is -0.510. The number of hydrogen-bond acceptors (Lipinski definition) is 3. The number of thioether (sulfide) groups is 1. The van der Waals surface area contributed by atoms with Gasteiger partial charge in [0.25, 0.3) is 0 Å². The number of rotatable bonds is 7. The third-order valence-corrected chi connectivity index (χ3v) is 5.49. The van der Waals surface area contributed by atoms with Crippen LogP contribution in [0, 0.1) is 0 Å². The van der Waals surface area contributed by atoms with Gasteiger partial charge in [0.2, 0.25) is 0 Å². The summed E-state index contributed by atoms with van der Waals surface area (Å²) in [5, 5.41) is 3.52. The second-order valence-corrected chi connectivity index (χ2v) is 7.79. The second-order valence-electron chi connectivity index (χ2n) is 6.64. The lowest BCUT2D eigenvalue weighted by atomic mass is 9.99. The Morgan fingerprint density at radius 2 is 1.95 bits per heavy atom. The van der Waals surface area contributed by atoms with E-state index in [0.717, 1.165) is 19.1 Å². The molecule has 1 aromatic carbocycles. The Balaban J connectivity index is 1.86. The van der Waals surface area contributed by atoms with Crippen molar-refractivity contribution in [2.75, 3.05) is 25.1 Å². The fraction of sp³-hybridized carbons (Fsp3) is 0.667. The van der Waals surface area contributed by atoms with Gasteiger partial charge in [0.05, 0.1) is 0 Å². The molecule has 1 N–H and O–H groups in total. The van der Waals surface area contributed by atoms with Crippen LogP contribution in [0.3, 0.4) is 0 Å². The van der Waals surface area contributed by atoms with Crippen molar-refractivity contribution in [3.63, 3.8) is 0 Å². The summed E-state index contributed by atoms with van der Waals surface area (Å²) in [5.74, 6) is 3.20. The van der Waals surface area contributed by atoms with Crippen LogP contribution >= 0.6 is 11.8 Å². The molecule has 118 valence electrons. The SMILES string of the molecule is CC(C)NCC(C)c1ccc(CN(C)C2CCSC2)cc1. The fourth-order valence-corrected chi connectivity index (χ4v) is 4.07. The first-order valence-corrected chi connectivity index (χ1v) is 9.32. The minimum absolute atomic E-state index is 0.560. The molecule has 2 rings (SSSR count). The highest BCUT2D eigenvalue weighted by Gasteiger charge is 2.19. The van der Waals surface area contributed by atoms with Gasteiger partial charge in [-0.1, -0.05) is 45.0 Å². The largest absolute Gasteiger partial charge is 0.314 e. The van der Waals surface area contributed by atoms with Gasteiger partial charge in [-0.05, 0) is 36.3 Å². The zero-order chi connectivity index (χ0) is 15.2. The van der Waals surface area contributed by atoms with Gasteiger partial charge in [0.1, 0.15) is 0 Å². The molecule has 0 radical (unpaired) electrons. The molecule has 1 aliphatic rings. The molecule has 1 heterocycles. The molecule has 2 unspecified atom stereocenters. The summed E-state index contributed by atoms with van der Waals surface area (Å²) in [4.78, 5) is 2.51. The van der Waals surface area contributed by atoms with Crippen LogP contribution in [0.4, 0.5) is 0 Å². The summed E-state index contributed by atoms with van der Waals surface area (Å²) in [6.45, 7) is 8.83. The zero-order valence-electron chi connectivity index (χ0n) is 13.9. The predicted octanol–water partition coefficient (Wildman–Crippen LogP) is 3.73. The van der Waals surface area contributed by atoms with Crippen LogP contribution in [0.2, 0.25) is 0 Å². The first-order chi connectivity index (χ1) is 10.1. The van der Waals surface area contributed by atoms with Crippen LogP contribution in [-0.4, -0.2) is 42.1 Å². The Bertz CT molecular complexity index is 410. The van der Waals surface area contributed by atoms with Crippen molar-refractivity contribution in [1.29, 1.82) is 0 Å². The molecular weight excluding hydrogens is 276 g/mol. The zero-order valence-corrected chi connectivity index (χ0v) is 14.7. The molecule has 2 atom stereocenters. The fourth-order valence-electron chi connectivity index (χ4n) is 2.77. The van der Waals surface area contributed by atoms with E-state index in [1.54, 1.807) is 0 Å². The number of benzene rings is 1. The van der Waals surface area contributed by atoms with Crippen molar-refractivity contribution in [2.45, 2.75) is 51.7 Å². The highest BCUT2D eigenvalue weighted by Crippen LogP contribution is 2.23. The summed E-state index contributed by atoms with van der Waals surface area (Å²) in [6, 6.07) is 10.5. The van der Waals surface area contributed by atoms with Gasteiger partial charge in [-0.3, -0.25) is 4.90 Å². The molecule has 0 spiro atoms. The summed E-state index contributed by atoms with van der Waals surface area (Å²) >= 11 is 2.09. The summed E-state index contributed by atoms with van der Waals surface area (Å²) in [5.41, 5.74) is 2.87. The number of nitrogens with one attached hydrogen (secondary N) is 1. The molecule has 0 aromatic heterocycles. The normalized spacial score (nSPS) is 20.4. The summed E-state index contributed by atoms with van der Waals surface area (Å²) in [7, 11) is 2.26. The first-order valence-electron chi connectivity index (χ1n) is 8.16. The molecule has 0 amide bonds. The predicted molar refractivity (Wildman–Crippen MR) is 95.2 cm³/mol. The van der Waals surface area contributed by atoms with Crippen LogP contribution in [0.15, 0.2) is 24.3 Å². The number of nitrogens with zero attached hydrogens (tertiary/aromatic N) is 1. The maximum Gasteiger partial charge on any atom is 0.0233 e. The average Bonchev–Trinajstić information content (AvgIpc) is 3.00. The van der Waals surface area contributed by atoms with Gasteiger partial charge in [-0.25, -0.2) is 0 Å². The van der Waals surface area contributed by atoms with E-state index in [1.165, 1.54) is 29.1 Å². The molecule has 1 aliphatic heterocycles. The highest BCUT2D eigenvalue weighted by atomic mass is 32.2. The molecule has 0 saturated carbocycles. The first kappa shape index (κ1) is 16.9. The minimum atomic E-state index is 0.560. The van der Waals surface area contributed by atoms with Gasteiger partial charge >= 0.3 is 0 Å². The van der Waals surface area contributed by atoms with Gasteiger partial charge in [-0.15, -0.1) is 0 Å². The lowest BCUT2D eigenvalue weighted by Crippen LogP contribution is -2.30. The van der Waals surface area contributed by atoms with Crippen LogP contribution in [0.1, 0.15) is 44.2 Å². The quantitative estimate of drug-likeness (QED) is 0.826. The Labute approximate surface area is 134 Å². The van der Waals surface area contributed by atoms with Crippen molar-refractivity contribution in [3.05, 3.63) is 35.4 Å². The Kier molecular flexibility index (Phi) is 6.59. The van der Waals surface area contributed by atoms with Crippen molar-refractivity contribution in [1.82, 2.24) is 10.2 Å². The van der Waals surface area contributed by atoms with E-state index in [1.807, 2.05) is 0 Å². The topological polar surface area (TPSA) is 15.3 Å². The molecule has 0 aliphatic carbocycles. The third-order valence-electron chi connectivity index (χ3n) is 4.34. The standard InChI is InChI=1S/C18H30N2S/c1-14(2)19-11-15(3)17-7-5-16(6-8-17)12-20(4)18-9-10-21-13-18/h5-8,14-15,18-19H,9-13H2,1-4H3. The van der Waals surface area contributed by atoms with Gasteiger partial charge in [0.15, 0.2) is 0 Å². The molecule has 1 fully saturated rings. The second kappa shape index (κ2) is 8.21. The number of hydrogen-bond donors (Lipinski definition) is 1. The monoisotopic (exact) mass is 306 g/mol. The van der Waals surface area contributed by atoms with Gasteiger partial charge in [-0.2, -0.15) is 11.8 Å². The van der Waals surface area contributed by atoms with Crippen molar-refractivity contribution < 1.29 is 0 Å². The van der Waals surface area contributed by atoms with E-state index in [-0.39, 0.29) is 0 Å². The van der Waals surface area contributed by atoms with E-state index in [9.17, 15) is 0 Å². The van der Waals surface area contributed by atoms with Crippen LogP contribution in [-0.2, 0) is 6.54 Å². The maximum atomic E-state index is 3.52.